The molecule has 4 bridgehead atoms. The molecule has 0 radical (unpaired) electrons. The molecule has 1 unspecified atom stereocenters. The van der Waals surface area contributed by atoms with Crippen molar-refractivity contribution in [3.8, 4) is 0 Å². The number of hydrogen-bond acceptors (Lipinski definition) is 1. The summed E-state index contributed by atoms with van der Waals surface area (Å²) in [5.74, 6) is 5.07. The van der Waals surface area contributed by atoms with Crippen LogP contribution in [0.2, 0.25) is 0 Å². The number of aromatic nitrogens is 1. The molecule has 0 aromatic carbocycles. The Bertz CT molecular complexity index is 434. The van der Waals surface area contributed by atoms with Gasteiger partial charge in [0.25, 0.3) is 0 Å². The molecule has 0 aliphatic heterocycles. The first-order valence-corrected chi connectivity index (χ1v) is 8.07. The van der Waals surface area contributed by atoms with Crippen molar-refractivity contribution in [3.05, 3.63) is 24.0 Å². The number of hydrogen-bond donors (Lipinski definition) is 1. The van der Waals surface area contributed by atoms with E-state index in [1.54, 1.807) is 6.42 Å². The average molecular weight is 258 g/mol. The van der Waals surface area contributed by atoms with E-state index in [-0.39, 0.29) is 6.04 Å². The van der Waals surface area contributed by atoms with Gasteiger partial charge in [-0.3, -0.25) is 0 Å². The van der Waals surface area contributed by atoms with Gasteiger partial charge in [0.1, 0.15) is 0 Å². The van der Waals surface area contributed by atoms with Crippen LogP contribution >= 0.6 is 0 Å². The Labute approximate surface area is 116 Å². The van der Waals surface area contributed by atoms with Crippen LogP contribution in [0.25, 0.3) is 0 Å². The van der Waals surface area contributed by atoms with Gasteiger partial charge in [-0.2, -0.15) is 0 Å². The van der Waals surface area contributed by atoms with Crippen LogP contribution in [0.1, 0.15) is 50.3 Å². The van der Waals surface area contributed by atoms with Crippen molar-refractivity contribution in [2.45, 2.75) is 44.6 Å². The highest BCUT2D eigenvalue weighted by molar-refractivity contribution is 5.12. The molecule has 19 heavy (non-hydrogen) atoms. The van der Waals surface area contributed by atoms with Crippen molar-refractivity contribution in [1.29, 1.82) is 0 Å². The molecule has 0 saturated heterocycles. The maximum Gasteiger partial charge on any atom is 0.0452 e. The van der Waals surface area contributed by atoms with Crippen LogP contribution in [0.5, 0.6) is 0 Å². The maximum atomic E-state index is 6.50. The third kappa shape index (κ3) is 1.96. The van der Waals surface area contributed by atoms with Gasteiger partial charge in [-0.05, 0) is 80.2 Å². The minimum atomic E-state index is 0.238. The smallest absolute Gasteiger partial charge is 0.0452 e. The molecule has 4 fully saturated rings. The molecule has 1 aromatic heterocycles. The molecular weight excluding hydrogens is 232 g/mol. The number of aryl methyl sites for hydroxylation is 1. The quantitative estimate of drug-likeness (QED) is 0.884. The minimum absolute atomic E-state index is 0.238. The molecule has 4 saturated carbocycles. The fourth-order valence-corrected chi connectivity index (χ4v) is 5.70. The fourth-order valence-electron chi connectivity index (χ4n) is 5.70. The van der Waals surface area contributed by atoms with E-state index in [0.717, 1.165) is 29.6 Å². The first-order valence-electron chi connectivity index (χ1n) is 8.07. The van der Waals surface area contributed by atoms with Crippen LogP contribution in [0, 0.1) is 29.6 Å². The zero-order valence-corrected chi connectivity index (χ0v) is 12.0. The van der Waals surface area contributed by atoms with E-state index in [0.29, 0.717) is 0 Å². The van der Waals surface area contributed by atoms with Crippen LogP contribution in [-0.2, 0) is 7.05 Å². The van der Waals surface area contributed by atoms with Gasteiger partial charge in [0.05, 0.1) is 0 Å². The molecule has 4 aliphatic carbocycles. The van der Waals surface area contributed by atoms with Crippen LogP contribution in [0.4, 0.5) is 0 Å². The zero-order valence-electron chi connectivity index (χ0n) is 12.0. The highest BCUT2D eigenvalue weighted by atomic mass is 15.0. The predicted octanol–water partition coefficient (Wildman–Crippen LogP) is 3.49. The summed E-state index contributed by atoms with van der Waals surface area (Å²) in [4.78, 5) is 0. The maximum absolute atomic E-state index is 6.50. The lowest BCUT2D eigenvalue weighted by atomic mass is 9.51. The largest absolute Gasteiger partial charge is 0.353 e. The molecule has 1 heterocycles. The lowest BCUT2D eigenvalue weighted by Gasteiger charge is -2.55. The standard InChI is InChI=1S/C17H26N2/c1-19-4-2-3-17(19)16(18)10-15-13-6-11-5-12(8-13)9-14(15)7-11/h2-4,11-16H,5-10,18H2,1H3. The van der Waals surface area contributed by atoms with E-state index in [9.17, 15) is 0 Å². The molecule has 4 aliphatic rings. The lowest BCUT2D eigenvalue weighted by molar-refractivity contribution is -0.0422. The van der Waals surface area contributed by atoms with Crippen molar-refractivity contribution < 1.29 is 0 Å². The molecule has 2 N–H and O–H groups in total. The van der Waals surface area contributed by atoms with Crippen LogP contribution in [0.3, 0.4) is 0 Å². The van der Waals surface area contributed by atoms with E-state index < -0.39 is 0 Å². The van der Waals surface area contributed by atoms with Crippen molar-refractivity contribution in [2.24, 2.45) is 42.4 Å². The Morgan fingerprint density at radius 2 is 1.79 bits per heavy atom. The predicted molar refractivity (Wildman–Crippen MR) is 77.5 cm³/mol. The molecule has 1 atom stereocenters. The van der Waals surface area contributed by atoms with Gasteiger partial charge < -0.3 is 10.3 Å². The van der Waals surface area contributed by atoms with Crippen LogP contribution < -0.4 is 5.73 Å². The summed E-state index contributed by atoms with van der Waals surface area (Å²) in [5, 5.41) is 0. The number of nitrogens with zero attached hydrogens (tertiary/aromatic N) is 1. The van der Waals surface area contributed by atoms with Gasteiger partial charge in [0.15, 0.2) is 0 Å². The highest BCUT2D eigenvalue weighted by Crippen LogP contribution is 2.58. The van der Waals surface area contributed by atoms with Gasteiger partial charge in [0, 0.05) is 25.0 Å². The third-order valence-corrected chi connectivity index (χ3v) is 6.31. The topological polar surface area (TPSA) is 30.9 Å². The summed E-state index contributed by atoms with van der Waals surface area (Å²) in [6.07, 6.45) is 10.9. The second-order valence-electron chi connectivity index (χ2n) is 7.48. The fraction of sp³-hybridized carbons (Fsp3) is 0.765. The Kier molecular flexibility index (Phi) is 2.77. The van der Waals surface area contributed by atoms with Crippen LogP contribution in [0.15, 0.2) is 18.3 Å². The first kappa shape index (κ1) is 12.0. The highest BCUT2D eigenvalue weighted by Gasteiger charge is 2.48. The molecule has 0 spiro atoms. The summed E-state index contributed by atoms with van der Waals surface area (Å²) < 4.78 is 2.20. The number of nitrogens with two attached hydrogens (primary N) is 1. The van der Waals surface area contributed by atoms with Crippen LogP contribution in [-0.4, -0.2) is 4.57 Å². The minimum Gasteiger partial charge on any atom is -0.353 e. The van der Waals surface area contributed by atoms with Crippen molar-refractivity contribution in [1.82, 2.24) is 4.57 Å². The summed E-state index contributed by atoms with van der Waals surface area (Å²) in [5.41, 5.74) is 7.81. The Balaban J connectivity index is 1.50. The zero-order chi connectivity index (χ0) is 13.0. The molecule has 2 nitrogen and oxygen atoms in total. The van der Waals surface area contributed by atoms with Gasteiger partial charge in [-0.25, -0.2) is 0 Å². The molecule has 5 rings (SSSR count). The number of rotatable bonds is 3. The molecule has 1 aromatic rings. The average Bonchev–Trinajstić information content (AvgIpc) is 2.79. The van der Waals surface area contributed by atoms with E-state index in [1.807, 2.05) is 0 Å². The Morgan fingerprint density at radius 3 is 2.32 bits per heavy atom. The Hall–Kier alpha value is -0.760. The molecule has 0 amide bonds. The Morgan fingerprint density at radius 1 is 1.16 bits per heavy atom. The van der Waals surface area contributed by atoms with Crippen molar-refractivity contribution >= 4 is 0 Å². The second-order valence-corrected chi connectivity index (χ2v) is 7.48. The molecule has 2 heteroatoms. The summed E-state index contributed by atoms with van der Waals surface area (Å²) in [6.45, 7) is 0. The van der Waals surface area contributed by atoms with Gasteiger partial charge in [0.2, 0.25) is 0 Å². The normalized spacial score (nSPS) is 41.7. The SMILES string of the molecule is Cn1cccc1C(N)CC1C2CC3CC(C2)CC1C3. The van der Waals surface area contributed by atoms with E-state index >= 15 is 0 Å². The van der Waals surface area contributed by atoms with Gasteiger partial charge in [-0.1, -0.05) is 0 Å². The monoisotopic (exact) mass is 258 g/mol. The van der Waals surface area contributed by atoms with Crippen molar-refractivity contribution in [2.75, 3.05) is 0 Å². The molecular formula is C17H26N2. The second kappa shape index (κ2) is 4.37. The van der Waals surface area contributed by atoms with Gasteiger partial charge in [-0.15, -0.1) is 0 Å². The van der Waals surface area contributed by atoms with E-state index in [2.05, 4.69) is 29.9 Å². The molecule has 104 valence electrons. The van der Waals surface area contributed by atoms with Crippen molar-refractivity contribution in [3.63, 3.8) is 0 Å². The summed E-state index contributed by atoms with van der Waals surface area (Å²) in [7, 11) is 2.12. The van der Waals surface area contributed by atoms with E-state index in [1.165, 1.54) is 37.8 Å². The third-order valence-electron chi connectivity index (χ3n) is 6.31. The summed E-state index contributed by atoms with van der Waals surface area (Å²) in [6, 6.07) is 4.55. The summed E-state index contributed by atoms with van der Waals surface area (Å²) >= 11 is 0. The first-order chi connectivity index (χ1) is 9.20. The lowest BCUT2D eigenvalue weighted by Crippen LogP contribution is -2.45. The van der Waals surface area contributed by atoms with E-state index in [4.69, 9.17) is 5.73 Å². The van der Waals surface area contributed by atoms with Gasteiger partial charge >= 0.3 is 0 Å².